The molecule has 1 aromatic heterocycles. The number of unbranched alkanes of at least 4 members (excludes halogenated alkanes) is 4. The third-order valence-electron chi connectivity index (χ3n) is 5.32. The lowest BCUT2D eigenvalue weighted by molar-refractivity contribution is -0.148. The van der Waals surface area contributed by atoms with Crippen LogP contribution in [0.25, 0.3) is 0 Å². The first-order valence-corrected chi connectivity index (χ1v) is 13.2. The highest BCUT2D eigenvalue weighted by atomic mass is 35.5. The Morgan fingerprint density at radius 1 is 1.26 bits per heavy atom. The summed E-state index contributed by atoms with van der Waals surface area (Å²) in [6.45, 7) is 2.69. The molecule has 1 amide bonds. The van der Waals surface area contributed by atoms with Crippen LogP contribution in [0.2, 0.25) is 0 Å². The van der Waals surface area contributed by atoms with Crippen LogP contribution in [0.4, 0.5) is 0 Å². The summed E-state index contributed by atoms with van der Waals surface area (Å²) in [6.07, 6.45) is 5.52. The van der Waals surface area contributed by atoms with Gasteiger partial charge in [-0.05, 0) is 37.8 Å². The molecule has 196 valence electrons. The number of thioether (sulfide) groups is 1. The van der Waals surface area contributed by atoms with Gasteiger partial charge in [0.15, 0.2) is 0 Å². The Kier molecular flexibility index (Phi) is 17.7. The van der Waals surface area contributed by atoms with Gasteiger partial charge in [0, 0.05) is 17.2 Å². The standard InChI is InChI=1S/C22H35N3O5S2.2ClH/c1-2-30-22(29)16(9-6-4-3-5-7-11-23)24-17-15-32-19(18-10-8-12-31-18)13-25(21(17)28)14-20(26)27;;/h8,10,12,16-17,19,24H,2-7,9,11,13-15,23H2,1H3,(H,26,27);2*1H/t16-,17?,19?;;/m0../s1. The number of aliphatic carboxylic acids is 1. The predicted octanol–water partition coefficient (Wildman–Crippen LogP) is 3.48. The lowest BCUT2D eigenvalue weighted by atomic mass is 10.1. The molecule has 1 aromatic rings. The van der Waals surface area contributed by atoms with Crippen LogP contribution < -0.4 is 11.1 Å². The van der Waals surface area contributed by atoms with Crippen molar-refractivity contribution in [2.75, 3.05) is 32.0 Å². The number of esters is 1. The molecule has 1 aliphatic heterocycles. The van der Waals surface area contributed by atoms with Gasteiger partial charge in [-0.3, -0.25) is 19.7 Å². The predicted molar refractivity (Wildman–Crippen MR) is 142 cm³/mol. The topological polar surface area (TPSA) is 122 Å². The third-order valence-corrected chi connectivity index (χ3v) is 7.78. The number of hydrogen-bond acceptors (Lipinski definition) is 8. The van der Waals surface area contributed by atoms with Crippen molar-refractivity contribution in [3.8, 4) is 0 Å². The quantitative estimate of drug-likeness (QED) is 0.234. The van der Waals surface area contributed by atoms with Crippen molar-refractivity contribution in [3.05, 3.63) is 22.4 Å². The van der Waals surface area contributed by atoms with E-state index in [0.29, 0.717) is 25.3 Å². The highest BCUT2D eigenvalue weighted by Crippen LogP contribution is 2.35. The number of halogens is 2. The van der Waals surface area contributed by atoms with E-state index in [-0.39, 0.29) is 55.1 Å². The summed E-state index contributed by atoms with van der Waals surface area (Å²) in [4.78, 5) is 39.6. The number of ether oxygens (including phenoxy) is 1. The number of thiophene rings is 1. The smallest absolute Gasteiger partial charge is 0.323 e. The van der Waals surface area contributed by atoms with Crippen molar-refractivity contribution in [1.82, 2.24) is 10.2 Å². The van der Waals surface area contributed by atoms with E-state index in [9.17, 15) is 19.5 Å². The number of carboxylic acid groups (broad SMARTS) is 1. The molecule has 12 heteroatoms. The molecule has 1 aliphatic rings. The first kappa shape index (κ1) is 33.0. The summed E-state index contributed by atoms with van der Waals surface area (Å²) < 4.78 is 5.24. The molecular weight excluding hydrogens is 521 g/mol. The molecule has 3 atom stereocenters. The molecule has 2 rings (SSSR count). The molecule has 0 aromatic carbocycles. The molecule has 2 unspecified atom stereocenters. The Hall–Kier alpha value is -1.04. The summed E-state index contributed by atoms with van der Waals surface area (Å²) in [5, 5.41) is 14.5. The first-order valence-electron chi connectivity index (χ1n) is 11.2. The molecule has 4 N–H and O–H groups in total. The number of carbonyl (C=O) groups is 3. The van der Waals surface area contributed by atoms with E-state index in [1.54, 1.807) is 30.0 Å². The monoisotopic (exact) mass is 557 g/mol. The van der Waals surface area contributed by atoms with Gasteiger partial charge in [-0.15, -0.1) is 47.9 Å². The normalized spacial score (nSPS) is 18.9. The molecule has 8 nitrogen and oxygen atoms in total. The number of rotatable bonds is 14. The van der Waals surface area contributed by atoms with Gasteiger partial charge in [-0.1, -0.05) is 31.7 Å². The van der Waals surface area contributed by atoms with E-state index in [0.717, 1.165) is 37.0 Å². The van der Waals surface area contributed by atoms with Crippen molar-refractivity contribution in [1.29, 1.82) is 0 Å². The lowest BCUT2D eigenvalue weighted by Gasteiger charge is -2.26. The van der Waals surface area contributed by atoms with E-state index >= 15 is 0 Å². The van der Waals surface area contributed by atoms with E-state index in [1.807, 2.05) is 17.5 Å². The van der Waals surface area contributed by atoms with Crippen molar-refractivity contribution in [2.24, 2.45) is 5.73 Å². The zero-order valence-electron chi connectivity index (χ0n) is 19.5. The summed E-state index contributed by atoms with van der Waals surface area (Å²) >= 11 is 3.22. The van der Waals surface area contributed by atoms with Crippen LogP contribution in [0.1, 0.15) is 55.6 Å². The van der Waals surface area contributed by atoms with Gasteiger partial charge in [-0.25, -0.2) is 0 Å². The van der Waals surface area contributed by atoms with Gasteiger partial charge >= 0.3 is 11.9 Å². The zero-order valence-corrected chi connectivity index (χ0v) is 22.7. The Morgan fingerprint density at radius 2 is 1.97 bits per heavy atom. The Balaban J connectivity index is 0.00000544. The van der Waals surface area contributed by atoms with Gasteiger partial charge in [-0.2, -0.15) is 0 Å². The highest BCUT2D eigenvalue weighted by molar-refractivity contribution is 7.99. The molecule has 0 aliphatic carbocycles. The van der Waals surface area contributed by atoms with Crippen LogP contribution in [0.15, 0.2) is 17.5 Å². The second-order valence-electron chi connectivity index (χ2n) is 7.82. The summed E-state index contributed by atoms with van der Waals surface area (Å²) in [6, 6.07) is 2.72. The molecule has 1 saturated heterocycles. The molecule has 0 bridgehead atoms. The maximum absolute atomic E-state index is 13.2. The fourth-order valence-corrected chi connectivity index (χ4v) is 5.96. The number of amides is 1. The van der Waals surface area contributed by atoms with Gasteiger partial charge in [0.2, 0.25) is 5.91 Å². The van der Waals surface area contributed by atoms with E-state index < -0.39 is 18.1 Å². The summed E-state index contributed by atoms with van der Waals surface area (Å²) in [5.74, 6) is -1.23. The molecule has 34 heavy (non-hydrogen) atoms. The Morgan fingerprint density at radius 3 is 2.59 bits per heavy atom. The summed E-state index contributed by atoms with van der Waals surface area (Å²) in [5.41, 5.74) is 5.53. The molecule has 0 saturated carbocycles. The van der Waals surface area contributed by atoms with Crippen molar-refractivity contribution in [3.63, 3.8) is 0 Å². The van der Waals surface area contributed by atoms with Crippen LogP contribution in [-0.2, 0) is 19.1 Å². The fraction of sp³-hybridized carbons (Fsp3) is 0.682. The largest absolute Gasteiger partial charge is 0.480 e. The zero-order chi connectivity index (χ0) is 23.3. The average Bonchev–Trinajstić information content (AvgIpc) is 3.25. The van der Waals surface area contributed by atoms with Crippen LogP contribution in [-0.4, -0.2) is 71.9 Å². The third kappa shape index (κ3) is 11.1. The average molecular weight is 559 g/mol. The Labute approximate surface area is 222 Å². The van der Waals surface area contributed by atoms with E-state index in [2.05, 4.69) is 5.32 Å². The van der Waals surface area contributed by atoms with Gasteiger partial charge < -0.3 is 20.5 Å². The maximum atomic E-state index is 13.2. The lowest BCUT2D eigenvalue weighted by Crippen LogP contribution is -2.53. The second kappa shape index (κ2) is 18.3. The van der Waals surface area contributed by atoms with Crippen molar-refractivity contribution in [2.45, 2.75) is 62.8 Å². The minimum absolute atomic E-state index is 0. The minimum Gasteiger partial charge on any atom is -0.480 e. The Bertz CT molecular complexity index is 727. The van der Waals surface area contributed by atoms with Crippen LogP contribution in [0.5, 0.6) is 0 Å². The second-order valence-corrected chi connectivity index (χ2v) is 10.0. The van der Waals surface area contributed by atoms with Gasteiger partial charge in [0.25, 0.3) is 0 Å². The minimum atomic E-state index is -1.05. The van der Waals surface area contributed by atoms with E-state index in [4.69, 9.17) is 10.5 Å². The first-order chi connectivity index (χ1) is 15.5. The number of carboxylic acids is 1. The van der Waals surface area contributed by atoms with Gasteiger partial charge in [0.1, 0.15) is 12.6 Å². The highest BCUT2D eigenvalue weighted by Gasteiger charge is 2.35. The van der Waals surface area contributed by atoms with Crippen LogP contribution in [0, 0.1) is 0 Å². The maximum Gasteiger partial charge on any atom is 0.323 e. The number of nitrogens with zero attached hydrogens (tertiary/aromatic N) is 1. The van der Waals surface area contributed by atoms with Gasteiger partial charge in [0.05, 0.1) is 17.9 Å². The van der Waals surface area contributed by atoms with Crippen LogP contribution in [0.3, 0.4) is 0 Å². The van der Waals surface area contributed by atoms with Crippen LogP contribution >= 0.6 is 47.9 Å². The van der Waals surface area contributed by atoms with Crippen molar-refractivity contribution < 1.29 is 24.2 Å². The fourth-order valence-electron chi connectivity index (χ4n) is 3.70. The SMILES string of the molecule is CCOC(=O)[C@H](CCCCCCCN)NC1CSC(c2cccs2)CN(CC(=O)O)C1=O.Cl.Cl. The molecule has 2 heterocycles. The van der Waals surface area contributed by atoms with Crippen molar-refractivity contribution >= 4 is 65.8 Å². The number of carbonyl (C=O) groups excluding carboxylic acids is 2. The number of hydrogen-bond donors (Lipinski definition) is 3. The molecular formula is C22H37Cl2N3O5S2. The molecule has 1 fully saturated rings. The molecule has 0 radical (unpaired) electrons. The van der Waals surface area contributed by atoms with E-state index in [1.165, 1.54) is 4.90 Å². The number of nitrogens with two attached hydrogens (primary N) is 1. The number of nitrogens with one attached hydrogen (secondary N) is 1. The summed E-state index contributed by atoms with van der Waals surface area (Å²) in [7, 11) is 0. The molecule has 0 spiro atoms.